The zero-order valence-corrected chi connectivity index (χ0v) is 15.2. The van der Waals surface area contributed by atoms with Crippen LogP contribution in [0.4, 0.5) is 5.69 Å². The van der Waals surface area contributed by atoms with Crippen LogP contribution >= 0.6 is 0 Å². The third-order valence-electron chi connectivity index (χ3n) is 3.73. The lowest BCUT2D eigenvalue weighted by molar-refractivity contribution is 0.0988. The van der Waals surface area contributed by atoms with Gasteiger partial charge in [0.05, 0.1) is 4.90 Å². The number of hydrogen-bond donors (Lipinski definition) is 0. The number of nitrogens with zero attached hydrogens (tertiary/aromatic N) is 2. The lowest BCUT2D eigenvalue weighted by Gasteiger charge is -2.22. The summed E-state index contributed by atoms with van der Waals surface area (Å²) in [7, 11) is -0.640. The maximum absolute atomic E-state index is 12.9. The predicted octanol–water partition coefficient (Wildman–Crippen LogP) is 2.91. The van der Waals surface area contributed by atoms with Crippen LogP contribution in [0.1, 0.15) is 22.8 Å². The first-order valence-electron chi connectivity index (χ1n) is 7.68. The molecular weight excluding hydrogens is 324 g/mol. The summed E-state index contributed by atoms with van der Waals surface area (Å²) >= 11 is 0. The molecule has 24 heavy (non-hydrogen) atoms. The van der Waals surface area contributed by atoms with Crippen LogP contribution in [0.2, 0.25) is 0 Å². The molecule has 0 unspecified atom stereocenters. The highest BCUT2D eigenvalue weighted by molar-refractivity contribution is 7.89. The summed E-state index contributed by atoms with van der Waals surface area (Å²) in [6, 6.07) is 13.8. The number of benzene rings is 2. The number of amides is 1. The topological polar surface area (TPSA) is 57.7 Å². The Morgan fingerprint density at radius 2 is 1.71 bits per heavy atom. The minimum absolute atomic E-state index is 0.110. The van der Waals surface area contributed by atoms with Gasteiger partial charge < -0.3 is 4.90 Å². The maximum Gasteiger partial charge on any atom is 0.258 e. The first kappa shape index (κ1) is 18.2. The molecule has 2 aromatic carbocycles. The van der Waals surface area contributed by atoms with Crippen molar-refractivity contribution in [2.24, 2.45) is 0 Å². The van der Waals surface area contributed by atoms with Gasteiger partial charge in [-0.2, -0.15) is 0 Å². The van der Waals surface area contributed by atoms with Crippen molar-refractivity contribution in [3.63, 3.8) is 0 Å². The van der Waals surface area contributed by atoms with E-state index < -0.39 is 10.0 Å². The Balaban J connectivity index is 2.42. The largest absolute Gasteiger partial charge is 0.309 e. The van der Waals surface area contributed by atoms with Gasteiger partial charge in [-0.3, -0.25) is 4.79 Å². The molecule has 6 heteroatoms. The van der Waals surface area contributed by atoms with Gasteiger partial charge in [0.15, 0.2) is 0 Å². The van der Waals surface area contributed by atoms with E-state index in [1.165, 1.54) is 26.2 Å². The first-order valence-corrected chi connectivity index (χ1v) is 9.12. The number of aryl methyl sites for hydroxylation is 1. The molecular formula is C18H22N2O3S. The minimum Gasteiger partial charge on any atom is -0.309 e. The molecule has 0 spiro atoms. The van der Waals surface area contributed by atoms with Crippen molar-refractivity contribution < 1.29 is 13.2 Å². The van der Waals surface area contributed by atoms with Crippen LogP contribution < -0.4 is 4.90 Å². The van der Waals surface area contributed by atoms with E-state index in [-0.39, 0.29) is 10.8 Å². The summed E-state index contributed by atoms with van der Waals surface area (Å²) < 4.78 is 25.7. The molecule has 0 saturated carbocycles. The Kier molecular flexibility index (Phi) is 5.41. The van der Waals surface area contributed by atoms with Crippen molar-refractivity contribution in [3.8, 4) is 0 Å². The van der Waals surface area contributed by atoms with E-state index in [1.807, 2.05) is 38.1 Å². The number of sulfonamides is 1. The summed E-state index contributed by atoms with van der Waals surface area (Å²) in [5.74, 6) is -0.223. The molecule has 0 aliphatic rings. The summed E-state index contributed by atoms with van der Waals surface area (Å²) in [6.45, 7) is 4.35. The van der Waals surface area contributed by atoms with Crippen molar-refractivity contribution in [1.29, 1.82) is 0 Å². The lowest BCUT2D eigenvalue weighted by Crippen LogP contribution is -2.31. The Hall–Kier alpha value is -2.18. The highest BCUT2D eigenvalue weighted by atomic mass is 32.2. The van der Waals surface area contributed by atoms with Crippen LogP contribution in [0.3, 0.4) is 0 Å². The average Bonchev–Trinajstić information content (AvgIpc) is 2.55. The number of carbonyl (C=O) groups excluding carboxylic acids is 1. The molecule has 128 valence electrons. The fourth-order valence-corrected chi connectivity index (χ4v) is 3.34. The van der Waals surface area contributed by atoms with Gasteiger partial charge in [-0.1, -0.05) is 18.2 Å². The molecule has 0 heterocycles. The van der Waals surface area contributed by atoms with E-state index in [0.717, 1.165) is 15.6 Å². The Labute approximate surface area is 143 Å². The number of carbonyl (C=O) groups is 1. The van der Waals surface area contributed by atoms with E-state index in [2.05, 4.69) is 0 Å². The van der Waals surface area contributed by atoms with E-state index in [9.17, 15) is 13.2 Å². The van der Waals surface area contributed by atoms with Crippen molar-refractivity contribution >= 4 is 21.6 Å². The standard InChI is InChI=1S/C18H22N2O3S/c1-5-20(16-10-6-8-14(2)12-16)18(21)15-9-7-11-17(13-15)24(22,23)19(3)4/h6-13H,5H2,1-4H3. The van der Waals surface area contributed by atoms with Gasteiger partial charge in [-0.15, -0.1) is 0 Å². The molecule has 2 rings (SSSR count). The molecule has 5 nitrogen and oxygen atoms in total. The zero-order chi connectivity index (χ0) is 17.9. The number of hydrogen-bond acceptors (Lipinski definition) is 3. The molecule has 1 amide bonds. The van der Waals surface area contributed by atoms with Gasteiger partial charge in [-0.05, 0) is 49.7 Å². The zero-order valence-electron chi connectivity index (χ0n) is 14.4. The third-order valence-corrected chi connectivity index (χ3v) is 5.55. The number of rotatable bonds is 5. The van der Waals surface area contributed by atoms with Crippen LogP contribution in [-0.2, 0) is 10.0 Å². The van der Waals surface area contributed by atoms with Crippen molar-refractivity contribution in [3.05, 3.63) is 59.7 Å². The smallest absolute Gasteiger partial charge is 0.258 e. The second-order valence-electron chi connectivity index (χ2n) is 5.70. The van der Waals surface area contributed by atoms with Crippen molar-refractivity contribution in [2.75, 3.05) is 25.5 Å². The summed E-state index contributed by atoms with van der Waals surface area (Å²) in [4.78, 5) is 14.6. The second kappa shape index (κ2) is 7.15. The number of anilines is 1. The van der Waals surface area contributed by atoms with Crippen LogP contribution in [0.15, 0.2) is 53.4 Å². The molecule has 0 radical (unpaired) electrons. The van der Waals surface area contributed by atoms with Gasteiger partial charge in [0, 0.05) is 31.9 Å². The molecule has 0 saturated heterocycles. The Bertz CT molecular complexity index is 845. The van der Waals surface area contributed by atoms with Crippen molar-refractivity contribution in [2.45, 2.75) is 18.7 Å². The Morgan fingerprint density at radius 3 is 2.29 bits per heavy atom. The lowest BCUT2D eigenvalue weighted by atomic mass is 10.1. The minimum atomic E-state index is -3.57. The maximum atomic E-state index is 12.9. The fraction of sp³-hybridized carbons (Fsp3) is 0.278. The predicted molar refractivity (Wildman–Crippen MR) is 95.8 cm³/mol. The van der Waals surface area contributed by atoms with E-state index in [4.69, 9.17) is 0 Å². The third kappa shape index (κ3) is 3.66. The van der Waals surface area contributed by atoms with Crippen LogP contribution in [0, 0.1) is 6.92 Å². The average molecular weight is 346 g/mol. The molecule has 0 atom stereocenters. The molecule has 0 aliphatic heterocycles. The van der Waals surface area contributed by atoms with Gasteiger partial charge >= 0.3 is 0 Å². The van der Waals surface area contributed by atoms with Gasteiger partial charge in [0.25, 0.3) is 5.91 Å². The molecule has 0 aromatic heterocycles. The first-order chi connectivity index (χ1) is 11.3. The van der Waals surface area contributed by atoms with Gasteiger partial charge in [0.2, 0.25) is 10.0 Å². The summed E-state index contributed by atoms with van der Waals surface area (Å²) in [6.07, 6.45) is 0. The van der Waals surface area contributed by atoms with Crippen LogP contribution in [-0.4, -0.2) is 39.3 Å². The SMILES string of the molecule is CCN(C(=O)c1cccc(S(=O)(=O)N(C)C)c1)c1cccc(C)c1. The van der Waals surface area contributed by atoms with E-state index in [0.29, 0.717) is 12.1 Å². The summed E-state index contributed by atoms with van der Waals surface area (Å²) in [5, 5.41) is 0. The van der Waals surface area contributed by atoms with E-state index >= 15 is 0 Å². The second-order valence-corrected chi connectivity index (χ2v) is 7.86. The van der Waals surface area contributed by atoms with E-state index in [1.54, 1.807) is 17.0 Å². The van der Waals surface area contributed by atoms with Gasteiger partial charge in [-0.25, -0.2) is 12.7 Å². The van der Waals surface area contributed by atoms with Crippen LogP contribution in [0.5, 0.6) is 0 Å². The molecule has 2 aromatic rings. The van der Waals surface area contributed by atoms with Gasteiger partial charge in [0.1, 0.15) is 0 Å². The monoisotopic (exact) mass is 346 g/mol. The molecule has 0 aliphatic carbocycles. The highest BCUT2D eigenvalue weighted by Crippen LogP contribution is 2.21. The summed E-state index contributed by atoms with van der Waals surface area (Å²) in [5.41, 5.74) is 2.20. The molecule has 0 fully saturated rings. The van der Waals surface area contributed by atoms with Crippen LogP contribution in [0.25, 0.3) is 0 Å². The Morgan fingerprint density at radius 1 is 1.04 bits per heavy atom. The highest BCUT2D eigenvalue weighted by Gasteiger charge is 2.21. The normalized spacial score (nSPS) is 11.5. The molecule has 0 N–H and O–H groups in total. The quantitative estimate of drug-likeness (QED) is 0.836. The molecule has 0 bridgehead atoms. The van der Waals surface area contributed by atoms with Crippen molar-refractivity contribution in [1.82, 2.24) is 4.31 Å². The fourth-order valence-electron chi connectivity index (χ4n) is 2.40.